The third-order valence-electron chi connectivity index (χ3n) is 3.12. The fraction of sp³-hybridized carbons (Fsp3) is 0.222. The maximum absolute atomic E-state index is 12.2. The maximum Gasteiger partial charge on any atom is 0.257 e. The van der Waals surface area contributed by atoms with Crippen molar-refractivity contribution in [2.75, 3.05) is 28.7 Å². The predicted molar refractivity (Wildman–Crippen MR) is 99.4 cm³/mol. The lowest BCUT2D eigenvalue weighted by atomic mass is 10.2. The summed E-state index contributed by atoms with van der Waals surface area (Å²) in [4.78, 5) is 16.4. The van der Waals surface area contributed by atoms with Crippen LogP contribution < -0.4 is 10.6 Å². The molecule has 0 bridgehead atoms. The number of benzene rings is 1. The van der Waals surface area contributed by atoms with E-state index in [-0.39, 0.29) is 5.91 Å². The van der Waals surface area contributed by atoms with Crippen LogP contribution in [-0.2, 0) is 0 Å². The van der Waals surface area contributed by atoms with E-state index in [0.29, 0.717) is 5.56 Å². The lowest BCUT2D eigenvalue weighted by Gasteiger charge is -2.07. The van der Waals surface area contributed by atoms with Crippen molar-refractivity contribution in [3.05, 3.63) is 66.4 Å². The van der Waals surface area contributed by atoms with E-state index >= 15 is 0 Å². The van der Waals surface area contributed by atoms with Gasteiger partial charge in [0.05, 0.1) is 5.56 Å². The second kappa shape index (κ2) is 9.00. The summed E-state index contributed by atoms with van der Waals surface area (Å²) in [5, 5.41) is 6.09. The number of carbonyl (C=O) groups excluding carboxylic acids is 1. The van der Waals surface area contributed by atoms with Crippen LogP contribution in [0.3, 0.4) is 0 Å². The average Bonchev–Trinajstić information content (AvgIpc) is 2.57. The lowest BCUT2D eigenvalue weighted by Crippen LogP contribution is -2.13. The van der Waals surface area contributed by atoms with Crippen molar-refractivity contribution >= 4 is 29.2 Å². The van der Waals surface area contributed by atoms with Crippen LogP contribution in [-0.4, -0.2) is 28.9 Å². The molecule has 0 radical (unpaired) electrons. The molecule has 0 atom stereocenters. The quantitative estimate of drug-likeness (QED) is 0.569. The summed E-state index contributed by atoms with van der Waals surface area (Å²) in [5.74, 6) is 2.56. The van der Waals surface area contributed by atoms with Crippen LogP contribution in [0.1, 0.15) is 15.9 Å². The summed E-state index contributed by atoms with van der Waals surface area (Å²) in [6.45, 7) is 6.53. The Balaban J connectivity index is 1.84. The van der Waals surface area contributed by atoms with E-state index < -0.39 is 0 Å². The standard InChI is InChI=1S/C18H21N3OS/c1-3-11-23-12-10-19-17-9-6-15(13-20-17)18(22)21-16-7-4-14(2)5-8-16/h3-9,13H,1,10-12H2,2H3,(H,19,20)(H,21,22). The lowest BCUT2D eigenvalue weighted by molar-refractivity contribution is 0.102. The van der Waals surface area contributed by atoms with Crippen LogP contribution in [0.15, 0.2) is 55.3 Å². The van der Waals surface area contributed by atoms with Crippen molar-refractivity contribution in [2.45, 2.75) is 6.92 Å². The van der Waals surface area contributed by atoms with Crippen molar-refractivity contribution in [2.24, 2.45) is 0 Å². The molecule has 0 fully saturated rings. The smallest absolute Gasteiger partial charge is 0.257 e. The first-order chi connectivity index (χ1) is 11.2. The van der Waals surface area contributed by atoms with Crippen LogP contribution in [0, 0.1) is 6.92 Å². The van der Waals surface area contributed by atoms with Gasteiger partial charge in [-0.3, -0.25) is 4.79 Å². The zero-order chi connectivity index (χ0) is 16.5. The molecule has 1 heterocycles. The molecular weight excluding hydrogens is 306 g/mol. The van der Waals surface area contributed by atoms with Gasteiger partial charge in [0.15, 0.2) is 0 Å². The number of anilines is 2. The van der Waals surface area contributed by atoms with Crippen molar-refractivity contribution in [1.82, 2.24) is 4.98 Å². The summed E-state index contributed by atoms with van der Waals surface area (Å²) >= 11 is 1.81. The van der Waals surface area contributed by atoms with E-state index in [0.717, 1.165) is 35.1 Å². The van der Waals surface area contributed by atoms with Gasteiger partial charge in [-0.15, -0.1) is 6.58 Å². The molecule has 1 aromatic carbocycles. The first-order valence-corrected chi connectivity index (χ1v) is 8.61. The SMILES string of the molecule is C=CCSCCNc1ccc(C(=O)Nc2ccc(C)cc2)cn1. The van der Waals surface area contributed by atoms with Gasteiger partial charge in [0, 0.05) is 29.9 Å². The molecule has 0 aliphatic heterocycles. The molecule has 2 N–H and O–H groups in total. The summed E-state index contributed by atoms with van der Waals surface area (Å²) in [7, 11) is 0. The van der Waals surface area contributed by atoms with Gasteiger partial charge < -0.3 is 10.6 Å². The Morgan fingerprint density at radius 3 is 2.70 bits per heavy atom. The molecule has 120 valence electrons. The molecule has 0 spiro atoms. The number of nitrogens with zero attached hydrogens (tertiary/aromatic N) is 1. The molecule has 0 aliphatic carbocycles. The molecule has 1 amide bonds. The van der Waals surface area contributed by atoms with E-state index in [9.17, 15) is 4.79 Å². The third kappa shape index (κ3) is 5.79. The van der Waals surface area contributed by atoms with Crippen molar-refractivity contribution in [1.29, 1.82) is 0 Å². The molecule has 0 saturated carbocycles. The molecule has 2 aromatic rings. The summed E-state index contributed by atoms with van der Waals surface area (Å²) < 4.78 is 0. The minimum Gasteiger partial charge on any atom is -0.369 e. The maximum atomic E-state index is 12.2. The highest BCUT2D eigenvalue weighted by Gasteiger charge is 2.06. The third-order valence-corrected chi connectivity index (χ3v) is 4.09. The highest BCUT2D eigenvalue weighted by atomic mass is 32.2. The van der Waals surface area contributed by atoms with E-state index in [1.165, 1.54) is 0 Å². The van der Waals surface area contributed by atoms with Gasteiger partial charge in [-0.2, -0.15) is 11.8 Å². The normalized spacial score (nSPS) is 10.1. The number of aryl methyl sites for hydroxylation is 1. The van der Waals surface area contributed by atoms with Gasteiger partial charge in [-0.05, 0) is 31.2 Å². The second-order valence-electron chi connectivity index (χ2n) is 5.04. The Morgan fingerprint density at radius 2 is 2.04 bits per heavy atom. The first kappa shape index (κ1) is 17.1. The van der Waals surface area contributed by atoms with Gasteiger partial charge in [0.2, 0.25) is 0 Å². The van der Waals surface area contributed by atoms with Gasteiger partial charge >= 0.3 is 0 Å². The molecule has 0 unspecified atom stereocenters. The van der Waals surface area contributed by atoms with E-state index in [2.05, 4.69) is 22.2 Å². The zero-order valence-electron chi connectivity index (χ0n) is 13.2. The molecule has 23 heavy (non-hydrogen) atoms. The number of aromatic nitrogens is 1. The molecular formula is C18H21N3OS. The number of pyridine rings is 1. The fourth-order valence-electron chi connectivity index (χ4n) is 1.89. The van der Waals surface area contributed by atoms with Crippen LogP contribution in [0.2, 0.25) is 0 Å². The molecule has 4 nitrogen and oxygen atoms in total. The fourth-order valence-corrected chi connectivity index (χ4v) is 2.47. The van der Waals surface area contributed by atoms with Gasteiger partial charge in [-0.1, -0.05) is 23.8 Å². The highest BCUT2D eigenvalue weighted by molar-refractivity contribution is 7.99. The van der Waals surface area contributed by atoms with Gasteiger partial charge in [0.1, 0.15) is 5.82 Å². The Labute approximate surface area is 141 Å². The van der Waals surface area contributed by atoms with Crippen molar-refractivity contribution < 1.29 is 4.79 Å². The number of thioether (sulfide) groups is 1. The van der Waals surface area contributed by atoms with E-state index in [4.69, 9.17) is 0 Å². The first-order valence-electron chi connectivity index (χ1n) is 7.45. The van der Waals surface area contributed by atoms with Crippen LogP contribution >= 0.6 is 11.8 Å². The topological polar surface area (TPSA) is 54.0 Å². The van der Waals surface area contributed by atoms with Crippen LogP contribution in [0.4, 0.5) is 11.5 Å². The number of hydrogen-bond donors (Lipinski definition) is 2. The van der Waals surface area contributed by atoms with Crippen molar-refractivity contribution in [3.63, 3.8) is 0 Å². The number of carbonyl (C=O) groups is 1. The van der Waals surface area contributed by atoms with E-state index in [1.54, 1.807) is 12.3 Å². The number of amides is 1. The Hall–Kier alpha value is -2.27. The molecule has 0 saturated heterocycles. The van der Waals surface area contributed by atoms with Crippen LogP contribution in [0.25, 0.3) is 0 Å². The minimum absolute atomic E-state index is 0.158. The summed E-state index contributed by atoms with van der Waals surface area (Å²) in [5.41, 5.74) is 2.48. The van der Waals surface area contributed by atoms with Crippen molar-refractivity contribution in [3.8, 4) is 0 Å². The summed E-state index contributed by atoms with van der Waals surface area (Å²) in [6.07, 6.45) is 3.48. The van der Waals surface area contributed by atoms with Gasteiger partial charge in [0.25, 0.3) is 5.91 Å². The average molecular weight is 327 g/mol. The minimum atomic E-state index is -0.158. The number of nitrogens with one attached hydrogen (secondary N) is 2. The summed E-state index contributed by atoms with van der Waals surface area (Å²) in [6, 6.07) is 11.3. The Bertz CT molecular complexity index is 638. The van der Waals surface area contributed by atoms with E-state index in [1.807, 2.05) is 55.1 Å². The number of hydrogen-bond acceptors (Lipinski definition) is 4. The number of rotatable bonds is 8. The second-order valence-corrected chi connectivity index (χ2v) is 6.19. The monoisotopic (exact) mass is 327 g/mol. The molecule has 1 aromatic heterocycles. The Kier molecular flexibility index (Phi) is 6.69. The highest BCUT2D eigenvalue weighted by Crippen LogP contribution is 2.12. The molecule has 5 heteroatoms. The van der Waals surface area contributed by atoms with Crippen LogP contribution in [0.5, 0.6) is 0 Å². The van der Waals surface area contributed by atoms with Gasteiger partial charge in [-0.25, -0.2) is 4.98 Å². The largest absolute Gasteiger partial charge is 0.369 e. The predicted octanol–water partition coefficient (Wildman–Crippen LogP) is 3.97. The molecule has 2 rings (SSSR count). The zero-order valence-corrected chi connectivity index (χ0v) is 14.0. The molecule has 0 aliphatic rings. The Morgan fingerprint density at radius 1 is 1.26 bits per heavy atom.